The molecule has 0 radical (unpaired) electrons. The Hall–Kier alpha value is -1.53. The molecule has 2 unspecified atom stereocenters. The highest BCUT2D eigenvalue weighted by atomic mass is 16.5. The van der Waals surface area contributed by atoms with Crippen LogP contribution in [-0.4, -0.2) is 19.3 Å². The average Bonchev–Trinajstić information content (AvgIpc) is 2.44. The van der Waals surface area contributed by atoms with Gasteiger partial charge >= 0.3 is 0 Å². The van der Waals surface area contributed by atoms with Crippen LogP contribution in [0.3, 0.4) is 0 Å². The highest BCUT2D eigenvalue weighted by Gasteiger charge is 2.18. The van der Waals surface area contributed by atoms with Gasteiger partial charge in [-0.1, -0.05) is 19.8 Å². The SMILES string of the molecule is CC1CCCC(OCCOc2ccc(C#N)cc2)C1. The lowest BCUT2D eigenvalue weighted by Crippen LogP contribution is -2.23. The van der Waals surface area contributed by atoms with Gasteiger partial charge in [0.25, 0.3) is 0 Å². The van der Waals surface area contributed by atoms with Gasteiger partial charge in [-0.25, -0.2) is 0 Å². The largest absolute Gasteiger partial charge is 0.491 e. The van der Waals surface area contributed by atoms with Crippen LogP contribution < -0.4 is 4.74 Å². The molecule has 3 heteroatoms. The maximum Gasteiger partial charge on any atom is 0.119 e. The molecule has 2 atom stereocenters. The maximum absolute atomic E-state index is 8.70. The van der Waals surface area contributed by atoms with Gasteiger partial charge in [-0.2, -0.15) is 5.26 Å². The minimum absolute atomic E-state index is 0.410. The first kappa shape index (κ1) is 13.9. The third kappa shape index (κ3) is 4.57. The van der Waals surface area contributed by atoms with Gasteiger partial charge in [-0.05, 0) is 43.0 Å². The topological polar surface area (TPSA) is 42.2 Å². The summed E-state index contributed by atoms with van der Waals surface area (Å²) >= 11 is 0. The molecule has 0 saturated heterocycles. The fraction of sp³-hybridized carbons (Fsp3) is 0.562. The van der Waals surface area contributed by atoms with Crippen molar-refractivity contribution in [3.05, 3.63) is 29.8 Å². The zero-order valence-corrected chi connectivity index (χ0v) is 11.5. The third-order valence-electron chi connectivity index (χ3n) is 3.58. The summed E-state index contributed by atoms with van der Waals surface area (Å²) in [6.07, 6.45) is 5.38. The lowest BCUT2D eigenvalue weighted by Gasteiger charge is -2.26. The Balaban J connectivity index is 1.64. The van der Waals surface area contributed by atoms with E-state index in [4.69, 9.17) is 14.7 Å². The van der Waals surface area contributed by atoms with E-state index in [1.165, 1.54) is 25.7 Å². The highest BCUT2D eigenvalue weighted by Crippen LogP contribution is 2.25. The molecule has 0 aromatic heterocycles. The van der Waals surface area contributed by atoms with Crippen LogP contribution in [-0.2, 0) is 4.74 Å². The molecule has 2 rings (SSSR count). The number of hydrogen-bond acceptors (Lipinski definition) is 3. The average molecular weight is 259 g/mol. The minimum Gasteiger partial charge on any atom is -0.491 e. The zero-order chi connectivity index (χ0) is 13.5. The van der Waals surface area contributed by atoms with Gasteiger partial charge in [0.1, 0.15) is 12.4 Å². The fourth-order valence-electron chi connectivity index (χ4n) is 2.53. The second kappa shape index (κ2) is 7.16. The van der Waals surface area contributed by atoms with Crippen molar-refractivity contribution in [1.29, 1.82) is 5.26 Å². The third-order valence-corrected chi connectivity index (χ3v) is 3.58. The molecule has 102 valence electrons. The number of hydrogen-bond donors (Lipinski definition) is 0. The number of rotatable bonds is 5. The number of nitriles is 1. The van der Waals surface area contributed by atoms with Crippen LogP contribution in [0.5, 0.6) is 5.75 Å². The van der Waals surface area contributed by atoms with Gasteiger partial charge < -0.3 is 9.47 Å². The number of ether oxygens (including phenoxy) is 2. The molecule has 0 heterocycles. The van der Waals surface area contributed by atoms with Crippen LogP contribution >= 0.6 is 0 Å². The molecular weight excluding hydrogens is 238 g/mol. The van der Waals surface area contributed by atoms with E-state index in [0.717, 1.165) is 11.7 Å². The van der Waals surface area contributed by atoms with Crippen LogP contribution in [0.15, 0.2) is 24.3 Å². The molecule has 1 aromatic rings. The van der Waals surface area contributed by atoms with Crippen molar-refractivity contribution in [3.8, 4) is 11.8 Å². The first-order valence-corrected chi connectivity index (χ1v) is 7.02. The van der Waals surface area contributed by atoms with E-state index in [2.05, 4.69) is 13.0 Å². The molecule has 1 aliphatic rings. The standard InChI is InChI=1S/C16H21NO2/c1-13-3-2-4-16(11-13)19-10-9-18-15-7-5-14(12-17)6-8-15/h5-8,13,16H,2-4,9-11H2,1H3. The second-order valence-electron chi connectivity index (χ2n) is 5.25. The van der Waals surface area contributed by atoms with Crippen molar-refractivity contribution < 1.29 is 9.47 Å². The summed E-state index contributed by atoms with van der Waals surface area (Å²) in [5.74, 6) is 1.58. The van der Waals surface area contributed by atoms with Gasteiger partial charge in [0, 0.05) is 0 Å². The van der Waals surface area contributed by atoms with Crippen molar-refractivity contribution in [1.82, 2.24) is 0 Å². The van der Waals surface area contributed by atoms with E-state index in [0.29, 0.717) is 24.9 Å². The van der Waals surface area contributed by atoms with E-state index in [1.54, 1.807) is 12.1 Å². The lowest BCUT2D eigenvalue weighted by molar-refractivity contribution is 0.00196. The molecule has 1 aliphatic carbocycles. The summed E-state index contributed by atoms with van der Waals surface area (Å²) in [5, 5.41) is 8.70. The smallest absolute Gasteiger partial charge is 0.119 e. The first-order valence-electron chi connectivity index (χ1n) is 7.02. The zero-order valence-electron chi connectivity index (χ0n) is 11.5. The summed E-state index contributed by atoms with van der Waals surface area (Å²) in [6, 6.07) is 9.26. The van der Waals surface area contributed by atoms with Crippen LogP contribution in [0.4, 0.5) is 0 Å². The van der Waals surface area contributed by atoms with Crippen molar-refractivity contribution in [3.63, 3.8) is 0 Å². The summed E-state index contributed by atoms with van der Waals surface area (Å²) in [5.41, 5.74) is 0.653. The Bertz CT molecular complexity index is 421. The van der Waals surface area contributed by atoms with Crippen molar-refractivity contribution in [2.45, 2.75) is 38.7 Å². The summed E-state index contributed by atoms with van der Waals surface area (Å²) in [6.45, 7) is 3.50. The van der Waals surface area contributed by atoms with Gasteiger partial charge in [-0.15, -0.1) is 0 Å². The van der Waals surface area contributed by atoms with Gasteiger partial charge in [0.05, 0.1) is 24.3 Å². The predicted octanol–water partition coefficient (Wildman–Crippen LogP) is 3.53. The Morgan fingerprint density at radius 3 is 2.68 bits per heavy atom. The van der Waals surface area contributed by atoms with Crippen LogP contribution in [0, 0.1) is 17.2 Å². The second-order valence-corrected chi connectivity index (χ2v) is 5.25. The molecule has 19 heavy (non-hydrogen) atoms. The fourth-order valence-corrected chi connectivity index (χ4v) is 2.53. The molecular formula is C16H21NO2. The molecule has 3 nitrogen and oxygen atoms in total. The Kier molecular flexibility index (Phi) is 5.23. The Labute approximate surface area is 115 Å². The van der Waals surface area contributed by atoms with Gasteiger partial charge in [0.15, 0.2) is 0 Å². The molecule has 1 fully saturated rings. The van der Waals surface area contributed by atoms with Gasteiger partial charge in [-0.3, -0.25) is 0 Å². The summed E-state index contributed by atoms with van der Waals surface area (Å²) < 4.78 is 11.4. The van der Waals surface area contributed by atoms with E-state index >= 15 is 0 Å². The Morgan fingerprint density at radius 1 is 1.21 bits per heavy atom. The molecule has 0 bridgehead atoms. The predicted molar refractivity (Wildman–Crippen MR) is 74.0 cm³/mol. The van der Waals surface area contributed by atoms with Crippen molar-refractivity contribution in [2.24, 2.45) is 5.92 Å². The van der Waals surface area contributed by atoms with E-state index < -0.39 is 0 Å². The lowest BCUT2D eigenvalue weighted by atomic mass is 9.89. The molecule has 0 spiro atoms. The number of nitrogens with zero attached hydrogens (tertiary/aromatic N) is 1. The van der Waals surface area contributed by atoms with Crippen molar-refractivity contribution in [2.75, 3.05) is 13.2 Å². The normalized spacial score (nSPS) is 22.7. The summed E-state index contributed by atoms with van der Waals surface area (Å²) in [4.78, 5) is 0. The van der Waals surface area contributed by atoms with E-state index in [9.17, 15) is 0 Å². The van der Waals surface area contributed by atoms with Crippen molar-refractivity contribution >= 4 is 0 Å². The molecule has 0 aliphatic heterocycles. The van der Waals surface area contributed by atoms with Crippen LogP contribution in [0.2, 0.25) is 0 Å². The van der Waals surface area contributed by atoms with E-state index in [-0.39, 0.29) is 0 Å². The monoisotopic (exact) mass is 259 g/mol. The number of benzene rings is 1. The molecule has 1 saturated carbocycles. The van der Waals surface area contributed by atoms with Gasteiger partial charge in [0.2, 0.25) is 0 Å². The molecule has 1 aromatic carbocycles. The Morgan fingerprint density at radius 2 is 2.00 bits per heavy atom. The quantitative estimate of drug-likeness (QED) is 0.760. The molecule has 0 N–H and O–H groups in total. The highest BCUT2D eigenvalue weighted by molar-refractivity contribution is 5.34. The van der Waals surface area contributed by atoms with E-state index in [1.807, 2.05) is 12.1 Å². The molecule has 0 amide bonds. The maximum atomic E-state index is 8.70. The minimum atomic E-state index is 0.410. The first-order chi connectivity index (χ1) is 9.28. The van der Waals surface area contributed by atoms with Crippen LogP contribution in [0.25, 0.3) is 0 Å². The summed E-state index contributed by atoms with van der Waals surface area (Å²) in [7, 11) is 0. The van der Waals surface area contributed by atoms with Crippen LogP contribution in [0.1, 0.15) is 38.2 Å².